The zero-order valence-electron chi connectivity index (χ0n) is 14.4. The molecular formula is C18H36N2. The first-order chi connectivity index (χ1) is 9.45. The summed E-state index contributed by atoms with van der Waals surface area (Å²) in [5, 5.41) is 3.84. The summed E-state index contributed by atoms with van der Waals surface area (Å²) in [5.41, 5.74) is 0. The van der Waals surface area contributed by atoms with Crippen LogP contribution in [0.15, 0.2) is 0 Å². The van der Waals surface area contributed by atoms with E-state index in [0.29, 0.717) is 0 Å². The fourth-order valence-electron chi connectivity index (χ4n) is 3.84. The molecule has 1 saturated heterocycles. The number of piperidine rings is 1. The summed E-state index contributed by atoms with van der Waals surface area (Å²) in [6.45, 7) is 15.7. The Kier molecular flexibility index (Phi) is 5.92. The van der Waals surface area contributed by atoms with E-state index in [4.69, 9.17) is 0 Å². The molecule has 0 aromatic rings. The molecular weight excluding hydrogens is 244 g/mol. The zero-order chi connectivity index (χ0) is 14.7. The van der Waals surface area contributed by atoms with Gasteiger partial charge in [-0.05, 0) is 55.9 Å². The van der Waals surface area contributed by atoms with Crippen LogP contribution < -0.4 is 5.32 Å². The van der Waals surface area contributed by atoms with Crippen molar-refractivity contribution in [2.75, 3.05) is 19.6 Å². The van der Waals surface area contributed by atoms with E-state index in [1.807, 2.05) is 0 Å². The summed E-state index contributed by atoms with van der Waals surface area (Å²) < 4.78 is 0. The van der Waals surface area contributed by atoms with Crippen LogP contribution in [-0.4, -0.2) is 36.6 Å². The standard InChI is InChI=1S/C18H36N2/c1-13(2)6-7-19-17-10-16(14(3)4)11-20(12-17)18-8-15(5)9-18/h13-19H,6-12H2,1-5H3. The molecule has 2 heteroatoms. The predicted octanol–water partition coefficient (Wildman–Crippen LogP) is 3.77. The topological polar surface area (TPSA) is 15.3 Å². The van der Waals surface area contributed by atoms with Crippen molar-refractivity contribution in [1.29, 1.82) is 0 Å². The van der Waals surface area contributed by atoms with Gasteiger partial charge in [-0.1, -0.05) is 34.6 Å². The molecule has 2 aliphatic rings. The lowest BCUT2D eigenvalue weighted by atomic mass is 9.77. The molecule has 0 aromatic heterocycles. The van der Waals surface area contributed by atoms with Crippen LogP contribution in [-0.2, 0) is 0 Å². The van der Waals surface area contributed by atoms with Crippen LogP contribution in [0, 0.1) is 23.7 Å². The summed E-state index contributed by atoms with van der Waals surface area (Å²) >= 11 is 0. The SMILES string of the molecule is CC(C)CCNC1CC(C(C)C)CN(C2CC(C)C2)C1. The van der Waals surface area contributed by atoms with Gasteiger partial charge in [0.25, 0.3) is 0 Å². The molecule has 20 heavy (non-hydrogen) atoms. The Balaban J connectivity index is 1.84. The summed E-state index contributed by atoms with van der Waals surface area (Å²) in [6, 6.07) is 1.62. The number of hydrogen-bond donors (Lipinski definition) is 1. The predicted molar refractivity (Wildman–Crippen MR) is 87.9 cm³/mol. The van der Waals surface area contributed by atoms with Crippen molar-refractivity contribution in [3.8, 4) is 0 Å². The van der Waals surface area contributed by atoms with Crippen molar-refractivity contribution in [2.45, 2.75) is 72.4 Å². The molecule has 0 amide bonds. The van der Waals surface area contributed by atoms with Crippen LogP contribution in [0.25, 0.3) is 0 Å². The summed E-state index contributed by atoms with van der Waals surface area (Å²) in [6.07, 6.45) is 5.56. The first-order valence-electron chi connectivity index (χ1n) is 8.93. The average Bonchev–Trinajstić information content (AvgIpc) is 2.34. The van der Waals surface area contributed by atoms with Gasteiger partial charge in [0.2, 0.25) is 0 Å². The fourth-order valence-corrected chi connectivity index (χ4v) is 3.84. The lowest BCUT2D eigenvalue weighted by molar-refractivity contribution is 0.0232. The molecule has 1 aliphatic heterocycles. The maximum absolute atomic E-state index is 3.84. The van der Waals surface area contributed by atoms with E-state index in [9.17, 15) is 0 Å². The van der Waals surface area contributed by atoms with Crippen molar-refractivity contribution < 1.29 is 0 Å². The Morgan fingerprint density at radius 1 is 1.05 bits per heavy atom. The van der Waals surface area contributed by atoms with Crippen molar-refractivity contribution in [3.05, 3.63) is 0 Å². The van der Waals surface area contributed by atoms with E-state index in [-0.39, 0.29) is 0 Å². The quantitative estimate of drug-likeness (QED) is 0.797. The van der Waals surface area contributed by atoms with E-state index in [2.05, 4.69) is 44.8 Å². The highest BCUT2D eigenvalue weighted by Gasteiger charge is 2.36. The molecule has 0 aromatic carbocycles. The minimum atomic E-state index is 0.728. The first-order valence-corrected chi connectivity index (χ1v) is 8.93. The average molecular weight is 281 g/mol. The molecule has 1 saturated carbocycles. The molecule has 1 heterocycles. The number of likely N-dealkylation sites (tertiary alicyclic amines) is 1. The number of hydrogen-bond acceptors (Lipinski definition) is 2. The molecule has 2 fully saturated rings. The third-order valence-corrected chi connectivity index (χ3v) is 5.47. The van der Waals surface area contributed by atoms with E-state index in [1.165, 1.54) is 45.3 Å². The second kappa shape index (κ2) is 7.26. The van der Waals surface area contributed by atoms with Gasteiger partial charge in [0.1, 0.15) is 0 Å². The van der Waals surface area contributed by atoms with Crippen LogP contribution in [0.4, 0.5) is 0 Å². The van der Waals surface area contributed by atoms with Crippen LogP contribution in [0.1, 0.15) is 60.3 Å². The van der Waals surface area contributed by atoms with Crippen molar-refractivity contribution >= 4 is 0 Å². The summed E-state index contributed by atoms with van der Waals surface area (Å²) in [5.74, 6) is 3.49. The van der Waals surface area contributed by atoms with E-state index in [1.54, 1.807) is 0 Å². The monoisotopic (exact) mass is 280 g/mol. The number of rotatable bonds is 6. The van der Waals surface area contributed by atoms with Crippen LogP contribution in [0.3, 0.4) is 0 Å². The van der Waals surface area contributed by atoms with Gasteiger partial charge >= 0.3 is 0 Å². The van der Waals surface area contributed by atoms with Gasteiger partial charge in [-0.25, -0.2) is 0 Å². The van der Waals surface area contributed by atoms with Crippen molar-refractivity contribution in [1.82, 2.24) is 10.2 Å². The maximum atomic E-state index is 3.84. The molecule has 2 nitrogen and oxygen atoms in total. The highest BCUT2D eigenvalue weighted by atomic mass is 15.2. The zero-order valence-corrected chi connectivity index (χ0v) is 14.4. The second-order valence-electron chi connectivity index (χ2n) is 8.26. The Bertz CT molecular complexity index is 281. The molecule has 1 aliphatic carbocycles. The highest BCUT2D eigenvalue weighted by molar-refractivity contribution is 4.92. The van der Waals surface area contributed by atoms with Gasteiger partial charge in [-0.3, -0.25) is 4.90 Å². The Labute approximate surface area is 126 Å². The van der Waals surface area contributed by atoms with Gasteiger partial charge in [0, 0.05) is 25.2 Å². The fraction of sp³-hybridized carbons (Fsp3) is 1.00. The second-order valence-corrected chi connectivity index (χ2v) is 8.26. The molecule has 0 radical (unpaired) electrons. The molecule has 2 atom stereocenters. The van der Waals surface area contributed by atoms with Gasteiger partial charge in [0.05, 0.1) is 0 Å². The molecule has 1 N–H and O–H groups in total. The van der Waals surface area contributed by atoms with E-state index < -0.39 is 0 Å². The summed E-state index contributed by atoms with van der Waals surface area (Å²) in [4.78, 5) is 2.81. The normalized spacial score (nSPS) is 35.5. The molecule has 118 valence electrons. The van der Waals surface area contributed by atoms with Gasteiger partial charge in [-0.15, -0.1) is 0 Å². The maximum Gasteiger partial charge on any atom is 0.0198 e. The minimum absolute atomic E-state index is 0.728. The van der Waals surface area contributed by atoms with Crippen LogP contribution in [0.5, 0.6) is 0 Å². The van der Waals surface area contributed by atoms with Crippen LogP contribution >= 0.6 is 0 Å². The Morgan fingerprint density at radius 3 is 2.30 bits per heavy atom. The molecule has 0 spiro atoms. The number of nitrogens with zero attached hydrogens (tertiary/aromatic N) is 1. The number of nitrogens with one attached hydrogen (secondary N) is 1. The van der Waals surface area contributed by atoms with Crippen molar-refractivity contribution in [3.63, 3.8) is 0 Å². The molecule has 0 bridgehead atoms. The van der Waals surface area contributed by atoms with E-state index in [0.717, 1.165) is 35.8 Å². The molecule has 2 unspecified atom stereocenters. The van der Waals surface area contributed by atoms with Gasteiger partial charge < -0.3 is 5.32 Å². The first kappa shape index (κ1) is 16.3. The largest absolute Gasteiger partial charge is 0.313 e. The van der Waals surface area contributed by atoms with Crippen molar-refractivity contribution in [2.24, 2.45) is 23.7 Å². The third-order valence-electron chi connectivity index (χ3n) is 5.47. The Hall–Kier alpha value is -0.0800. The molecule has 2 rings (SSSR count). The van der Waals surface area contributed by atoms with Gasteiger partial charge in [-0.2, -0.15) is 0 Å². The minimum Gasteiger partial charge on any atom is -0.313 e. The Morgan fingerprint density at radius 2 is 1.75 bits per heavy atom. The lowest BCUT2D eigenvalue weighted by Crippen LogP contribution is -2.56. The van der Waals surface area contributed by atoms with Gasteiger partial charge in [0.15, 0.2) is 0 Å². The van der Waals surface area contributed by atoms with Crippen LogP contribution in [0.2, 0.25) is 0 Å². The third kappa shape index (κ3) is 4.46. The smallest absolute Gasteiger partial charge is 0.0198 e. The highest BCUT2D eigenvalue weighted by Crippen LogP contribution is 2.35. The van der Waals surface area contributed by atoms with E-state index >= 15 is 0 Å². The lowest BCUT2D eigenvalue weighted by Gasteiger charge is -2.48. The summed E-state index contributed by atoms with van der Waals surface area (Å²) in [7, 11) is 0.